The fourth-order valence-electron chi connectivity index (χ4n) is 8.42. The summed E-state index contributed by atoms with van der Waals surface area (Å²) in [6, 6.07) is 0. The van der Waals surface area contributed by atoms with Crippen LogP contribution in [0.3, 0.4) is 0 Å². The van der Waals surface area contributed by atoms with Gasteiger partial charge in [0.15, 0.2) is 5.79 Å². The topological polar surface area (TPSA) is 38.7 Å². The van der Waals surface area contributed by atoms with Gasteiger partial charge in [-0.05, 0) is 67.6 Å². The van der Waals surface area contributed by atoms with E-state index in [-0.39, 0.29) is 11.2 Å². The average molecular weight is 357 g/mol. The Morgan fingerprint density at radius 2 is 1.96 bits per heavy atom. The zero-order chi connectivity index (χ0) is 17.7. The van der Waals surface area contributed by atoms with Gasteiger partial charge in [-0.2, -0.15) is 0 Å². The van der Waals surface area contributed by atoms with E-state index < -0.39 is 5.60 Å². The van der Waals surface area contributed by atoms with Gasteiger partial charge in [0.1, 0.15) is 0 Å². The van der Waals surface area contributed by atoms with E-state index >= 15 is 0 Å². The summed E-state index contributed by atoms with van der Waals surface area (Å²) in [5, 5.41) is 11.5. The van der Waals surface area contributed by atoms with Crippen molar-refractivity contribution in [1.82, 2.24) is 0 Å². The third-order valence-electron chi connectivity index (χ3n) is 9.60. The Hall–Kier alpha value is -0.640. The lowest BCUT2D eigenvalue weighted by Gasteiger charge is -2.57. The second kappa shape index (κ2) is 5.04. The summed E-state index contributed by atoms with van der Waals surface area (Å²) in [5.41, 5.74) is 1.04. The van der Waals surface area contributed by atoms with E-state index in [4.69, 9.17) is 9.47 Å². The molecule has 1 spiro atoms. The monoisotopic (exact) mass is 356 g/mol. The van der Waals surface area contributed by atoms with Crippen LogP contribution < -0.4 is 0 Å². The molecule has 8 atom stereocenters. The van der Waals surface area contributed by atoms with Gasteiger partial charge in [0.2, 0.25) is 0 Å². The van der Waals surface area contributed by atoms with E-state index in [9.17, 15) is 5.11 Å². The van der Waals surface area contributed by atoms with Crippen LogP contribution in [0.1, 0.15) is 51.9 Å². The summed E-state index contributed by atoms with van der Waals surface area (Å²) >= 11 is 0. The third kappa shape index (κ3) is 1.81. The smallest absolute Gasteiger partial charge is 0.172 e. The summed E-state index contributed by atoms with van der Waals surface area (Å²) in [4.78, 5) is 0. The molecule has 0 aromatic carbocycles. The predicted molar refractivity (Wildman–Crippen MR) is 99.2 cm³/mol. The van der Waals surface area contributed by atoms with Crippen LogP contribution in [-0.2, 0) is 9.47 Å². The van der Waals surface area contributed by atoms with Crippen molar-refractivity contribution >= 4 is 0 Å². The van der Waals surface area contributed by atoms with E-state index in [0.29, 0.717) is 11.8 Å². The van der Waals surface area contributed by atoms with Gasteiger partial charge >= 0.3 is 0 Å². The van der Waals surface area contributed by atoms with E-state index in [2.05, 4.69) is 19.6 Å². The molecule has 0 aromatic heterocycles. The number of allylic oxidation sites excluding steroid dienone is 1. The largest absolute Gasteiger partial charge is 0.385 e. The minimum absolute atomic E-state index is 0.0441. The Morgan fingerprint density at radius 1 is 1.15 bits per heavy atom. The molecule has 5 fully saturated rings. The van der Waals surface area contributed by atoms with Crippen LogP contribution in [0.25, 0.3) is 0 Å². The first-order valence-corrected chi connectivity index (χ1v) is 10.8. The Morgan fingerprint density at radius 3 is 2.73 bits per heavy atom. The first-order valence-electron chi connectivity index (χ1n) is 10.8. The van der Waals surface area contributed by atoms with E-state index in [0.717, 1.165) is 56.1 Å². The molecule has 142 valence electrons. The summed E-state index contributed by atoms with van der Waals surface area (Å²) in [7, 11) is 0. The van der Waals surface area contributed by atoms with E-state index in [1.54, 1.807) is 5.57 Å². The highest BCUT2D eigenvalue weighted by Gasteiger charge is 2.74. The minimum atomic E-state index is -0.626. The lowest BCUT2D eigenvalue weighted by molar-refractivity contribution is -0.178. The second-order valence-electron chi connectivity index (χ2n) is 10.3. The molecular weight excluding hydrogens is 324 g/mol. The van der Waals surface area contributed by atoms with Crippen molar-refractivity contribution in [2.45, 2.75) is 63.3 Å². The Labute approximate surface area is 156 Å². The SMILES string of the molecule is C=C[C@]1(O)C2CC2C2C3CC=C4CC5(CCC4C3CC[C@@]21C)OCCO5. The minimum Gasteiger partial charge on any atom is -0.385 e. The number of hydrogen-bond acceptors (Lipinski definition) is 3. The molecule has 1 aliphatic heterocycles. The predicted octanol–water partition coefficient (Wildman–Crippen LogP) is 4.08. The number of aliphatic hydroxyl groups is 1. The number of rotatable bonds is 1. The van der Waals surface area contributed by atoms with Gasteiger partial charge in [-0.25, -0.2) is 0 Å². The van der Waals surface area contributed by atoms with Crippen molar-refractivity contribution < 1.29 is 14.6 Å². The molecule has 6 unspecified atom stereocenters. The van der Waals surface area contributed by atoms with Crippen LogP contribution in [0, 0.1) is 40.9 Å². The highest BCUT2D eigenvalue weighted by molar-refractivity contribution is 5.31. The molecule has 6 aliphatic rings. The maximum atomic E-state index is 11.5. The molecule has 4 saturated carbocycles. The van der Waals surface area contributed by atoms with Crippen molar-refractivity contribution in [3.05, 3.63) is 24.3 Å². The summed E-state index contributed by atoms with van der Waals surface area (Å²) < 4.78 is 12.0. The number of ether oxygens (including phenoxy) is 2. The zero-order valence-corrected chi connectivity index (χ0v) is 16.0. The van der Waals surface area contributed by atoms with Crippen LogP contribution in [0.2, 0.25) is 0 Å². The summed E-state index contributed by atoms with van der Waals surface area (Å²) in [6.45, 7) is 7.94. The van der Waals surface area contributed by atoms with Gasteiger partial charge in [0.25, 0.3) is 0 Å². The molecule has 1 heterocycles. The van der Waals surface area contributed by atoms with Gasteiger partial charge in [-0.15, -0.1) is 6.58 Å². The van der Waals surface area contributed by atoms with E-state index in [1.165, 1.54) is 25.7 Å². The van der Waals surface area contributed by atoms with Gasteiger partial charge in [0, 0.05) is 18.3 Å². The fourth-order valence-corrected chi connectivity index (χ4v) is 8.42. The highest BCUT2D eigenvalue weighted by atomic mass is 16.7. The zero-order valence-electron chi connectivity index (χ0n) is 16.0. The van der Waals surface area contributed by atoms with Crippen LogP contribution in [0.15, 0.2) is 24.3 Å². The van der Waals surface area contributed by atoms with Crippen LogP contribution in [-0.4, -0.2) is 29.7 Å². The maximum Gasteiger partial charge on any atom is 0.172 e. The lowest BCUT2D eigenvalue weighted by Crippen LogP contribution is -2.54. The Balaban J connectivity index is 1.32. The highest BCUT2D eigenvalue weighted by Crippen LogP contribution is 2.75. The van der Waals surface area contributed by atoms with Gasteiger partial charge in [-0.1, -0.05) is 24.6 Å². The van der Waals surface area contributed by atoms with Crippen molar-refractivity contribution in [1.29, 1.82) is 0 Å². The van der Waals surface area contributed by atoms with Gasteiger partial charge in [-0.3, -0.25) is 0 Å². The van der Waals surface area contributed by atoms with Crippen LogP contribution in [0.5, 0.6) is 0 Å². The quantitative estimate of drug-likeness (QED) is 0.720. The molecule has 6 rings (SSSR count). The molecule has 0 bridgehead atoms. The second-order valence-corrected chi connectivity index (χ2v) is 10.3. The fraction of sp³-hybridized carbons (Fsp3) is 0.826. The third-order valence-corrected chi connectivity index (χ3v) is 9.60. The molecule has 1 saturated heterocycles. The average Bonchev–Trinajstić information content (AvgIpc) is 3.27. The van der Waals surface area contributed by atoms with Gasteiger partial charge < -0.3 is 14.6 Å². The first-order chi connectivity index (χ1) is 12.5. The molecule has 1 N–H and O–H groups in total. The van der Waals surface area contributed by atoms with Crippen LogP contribution >= 0.6 is 0 Å². The van der Waals surface area contributed by atoms with Crippen molar-refractivity contribution in [2.24, 2.45) is 40.9 Å². The molecule has 26 heavy (non-hydrogen) atoms. The molecule has 0 amide bonds. The normalized spacial score (nSPS) is 56.2. The summed E-state index contributed by atoms with van der Waals surface area (Å²) in [6.07, 6.45) is 12.6. The number of hydrogen-bond donors (Lipinski definition) is 1. The Bertz CT molecular complexity index is 677. The van der Waals surface area contributed by atoms with Crippen molar-refractivity contribution in [3.8, 4) is 0 Å². The maximum absolute atomic E-state index is 11.5. The molecule has 0 radical (unpaired) electrons. The molecular formula is C23H32O3. The van der Waals surface area contributed by atoms with Crippen molar-refractivity contribution in [2.75, 3.05) is 13.2 Å². The summed E-state index contributed by atoms with van der Waals surface area (Å²) in [5.74, 6) is 3.90. The molecule has 5 aliphatic carbocycles. The number of fused-ring (bicyclic) bond motifs is 7. The lowest BCUT2D eigenvalue weighted by atomic mass is 9.49. The van der Waals surface area contributed by atoms with Gasteiger partial charge in [0.05, 0.1) is 18.8 Å². The van der Waals surface area contributed by atoms with Crippen molar-refractivity contribution in [3.63, 3.8) is 0 Å². The van der Waals surface area contributed by atoms with E-state index in [1.807, 2.05) is 6.08 Å². The Kier molecular flexibility index (Phi) is 3.16. The molecule has 3 nitrogen and oxygen atoms in total. The standard InChI is InChI=1S/C23H32O3/c1-3-23(24)19-12-18(19)20-17-5-4-14-13-22(25-10-11-26-22)9-7-15(14)16(17)6-8-21(20,23)2/h3-4,15-20,24H,1,5-13H2,2H3/t15?,16?,17?,18?,19?,20?,21-,23-/m0/s1. The van der Waals surface area contributed by atoms with Crippen LogP contribution in [0.4, 0.5) is 0 Å². The molecule has 3 heteroatoms. The molecule has 0 aromatic rings. The first kappa shape index (κ1) is 16.3.